The Labute approximate surface area is 437 Å². The zero-order valence-corrected chi connectivity index (χ0v) is 48.6. The summed E-state index contributed by atoms with van der Waals surface area (Å²) in [4.78, 5) is 25.3. The van der Waals surface area contributed by atoms with E-state index in [1.807, 2.05) is 21.1 Å². The van der Waals surface area contributed by atoms with Gasteiger partial charge in [0, 0.05) is 13.0 Å². The van der Waals surface area contributed by atoms with Crippen molar-refractivity contribution >= 4 is 13.8 Å². The number of allylic oxidation sites excluding steroid dienone is 2. The SMILES string of the molecule is CCCCCCCCCC/C=C\CCCCCCCCCCCCCCCC(=O)OC(COCCCCCCCCCCCCCCCCCCCCCCCCC)COP(=O)([O-])OCC[N+](C)(C)C. The normalized spacial score (nSPS) is 13.4. The number of ether oxygens (including phenoxy) is 2. The number of unbranched alkanes of at least 4 members (excludes halogenated alkanes) is 43. The topological polar surface area (TPSA) is 94.1 Å². The fraction of sp³-hybridized carbons (Fsp3) is 0.951. The first kappa shape index (κ1) is 69.2. The molecule has 0 aromatic heterocycles. The van der Waals surface area contributed by atoms with E-state index in [2.05, 4.69) is 26.0 Å². The van der Waals surface area contributed by atoms with Gasteiger partial charge in [0.15, 0.2) is 0 Å². The molecule has 0 aliphatic heterocycles. The van der Waals surface area contributed by atoms with E-state index in [1.54, 1.807) is 0 Å². The van der Waals surface area contributed by atoms with Crippen LogP contribution in [-0.4, -0.2) is 70.7 Å². The molecule has 0 amide bonds. The van der Waals surface area contributed by atoms with Crippen molar-refractivity contribution in [1.29, 1.82) is 0 Å². The van der Waals surface area contributed by atoms with Crippen LogP contribution in [0.3, 0.4) is 0 Å². The maximum absolute atomic E-state index is 12.8. The van der Waals surface area contributed by atoms with Crippen molar-refractivity contribution in [2.75, 3.05) is 54.1 Å². The molecule has 0 heterocycles. The highest BCUT2D eigenvalue weighted by Gasteiger charge is 2.20. The van der Waals surface area contributed by atoms with Gasteiger partial charge in [-0.15, -0.1) is 0 Å². The molecule has 2 unspecified atom stereocenters. The molecule has 0 spiro atoms. The molecule has 0 fully saturated rings. The number of hydrogen-bond donors (Lipinski definition) is 0. The van der Waals surface area contributed by atoms with Gasteiger partial charge < -0.3 is 27.9 Å². The van der Waals surface area contributed by atoms with E-state index in [4.69, 9.17) is 18.5 Å². The number of phosphoric ester groups is 1. The van der Waals surface area contributed by atoms with Crippen LogP contribution in [0, 0.1) is 0 Å². The van der Waals surface area contributed by atoms with Crippen molar-refractivity contribution in [3.05, 3.63) is 12.2 Å². The van der Waals surface area contributed by atoms with Crippen molar-refractivity contribution in [3.8, 4) is 0 Å². The van der Waals surface area contributed by atoms with Crippen LogP contribution < -0.4 is 4.89 Å². The Bertz CT molecular complexity index is 1130. The molecule has 0 rings (SSSR count). The van der Waals surface area contributed by atoms with Crippen LogP contribution in [0.5, 0.6) is 0 Å². The van der Waals surface area contributed by atoms with Crippen molar-refractivity contribution in [2.24, 2.45) is 0 Å². The largest absolute Gasteiger partial charge is 0.756 e. The lowest BCUT2D eigenvalue weighted by atomic mass is 10.0. The van der Waals surface area contributed by atoms with Crippen LogP contribution in [0.25, 0.3) is 0 Å². The molecule has 0 aromatic carbocycles. The quantitative estimate of drug-likeness (QED) is 0.0197. The third-order valence-electron chi connectivity index (χ3n) is 14.1. The highest BCUT2D eigenvalue weighted by Crippen LogP contribution is 2.38. The van der Waals surface area contributed by atoms with Crippen LogP contribution >= 0.6 is 7.82 Å². The average molecular weight is 1010 g/mol. The molecule has 0 saturated carbocycles. The van der Waals surface area contributed by atoms with Gasteiger partial charge in [0.2, 0.25) is 0 Å². The molecule has 0 bridgehead atoms. The number of rotatable bonds is 59. The number of esters is 1. The molecule has 0 aliphatic carbocycles. The van der Waals surface area contributed by atoms with E-state index in [1.165, 1.54) is 263 Å². The summed E-state index contributed by atoms with van der Waals surface area (Å²) in [5.74, 6) is -0.325. The fourth-order valence-corrected chi connectivity index (χ4v) is 10.0. The van der Waals surface area contributed by atoms with Gasteiger partial charge in [0.25, 0.3) is 7.82 Å². The summed E-state index contributed by atoms with van der Waals surface area (Å²) in [5.41, 5.74) is 0. The summed E-state index contributed by atoms with van der Waals surface area (Å²) in [6.07, 6.45) is 65.5. The van der Waals surface area contributed by atoms with Crippen molar-refractivity contribution in [1.82, 2.24) is 0 Å². The molecule has 418 valence electrons. The summed E-state index contributed by atoms with van der Waals surface area (Å²) < 4.78 is 34.9. The summed E-state index contributed by atoms with van der Waals surface area (Å²) in [5, 5.41) is 0. The molecule has 2 atom stereocenters. The second-order valence-electron chi connectivity index (χ2n) is 22.4. The van der Waals surface area contributed by atoms with Gasteiger partial charge in [-0.05, 0) is 38.5 Å². The molecule has 0 aliphatic rings. The number of phosphoric acid groups is 1. The Kier molecular flexibility index (Phi) is 53.9. The first-order valence-corrected chi connectivity index (χ1v) is 32.4. The highest BCUT2D eigenvalue weighted by molar-refractivity contribution is 7.45. The smallest absolute Gasteiger partial charge is 0.306 e. The Morgan fingerprint density at radius 2 is 0.743 bits per heavy atom. The number of likely N-dealkylation sites (N-methyl/N-ethyl adjacent to an activating group) is 1. The standard InChI is InChI=1S/C61H122NO7P/c1-6-8-10-12-14-16-18-20-22-24-26-28-30-31-32-34-36-38-40-42-44-46-48-50-52-54-61(63)69-60(59-68-70(64,65)67-57-55-62(3,4)5)58-66-56-53-51-49-47-45-43-41-39-37-35-33-29-27-25-23-21-19-17-15-13-11-9-7-2/h24,26,60H,6-23,25,27-59H2,1-5H3/b26-24-. The molecule has 70 heavy (non-hydrogen) atoms. The van der Waals surface area contributed by atoms with Crippen LogP contribution in [-0.2, 0) is 27.9 Å². The van der Waals surface area contributed by atoms with Crippen LogP contribution in [0.2, 0.25) is 0 Å². The van der Waals surface area contributed by atoms with Gasteiger partial charge in [-0.25, -0.2) is 0 Å². The number of carbonyl (C=O) groups excluding carboxylic acids is 1. The van der Waals surface area contributed by atoms with Gasteiger partial charge in [-0.2, -0.15) is 0 Å². The third kappa shape index (κ3) is 58.1. The average Bonchev–Trinajstić information content (AvgIpc) is 3.32. The van der Waals surface area contributed by atoms with Gasteiger partial charge in [-0.3, -0.25) is 9.36 Å². The highest BCUT2D eigenvalue weighted by atomic mass is 31.2. The predicted molar refractivity (Wildman–Crippen MR) is 301 cm³/mol. The monoisotopic (exact) mass is 1010 g/mol. The molecule has 9 heteroatoms. The molecule has 0 N–H and O–H groups in total. The second kappa shape index (κ2) is 54.5. The van der Waals surface area contributed by atoms with E-state index in [9.17, 15) is 14.3 Å². The Morgan fingerprint density at radius 1 is 0.429 bits per heavy atom. The minimum Gasteiger partial charge on any atom is -0.756 e. The first-order chi connectivity index (χ1) is 34.1. The summed E-state index contributed by atoms with van der Waals surface area (Å²) >= 11 is 0. The lowest BCUT2D eigenvalue weighted by Crippen LogP contribution is -2.37. The molecule has 0 saturated heterocycles. The van der Waals surface area contributed by atoms with E-state index >= 15 is 0 Å². The van der Waals surface area contributed by atoms with Crippen molar-refractivity contribution in [3.63, 3.8) is 0 Å². The number of carbonyl (C=O) groups is 1. The zero-order valence-electron chi connectivity index (χ0n) is 47.8. The van der Waals surface area contributed by atoms with Gasteiger partial charge in [-0.1, -0.05) is 283 Å². The Hall–Kier alpha value is -0.760. The lowest BCUT2D eigenvalue weighted by Gasteiger charge is -2.28. The first-order valence-electron chi connectivity index (χ1n) is 30.9. The van der Waals surface area contributed by atoms with E-state index < -0.39 is 13.9 Å². The van der Waals surface area contributed by atoms with Gasteiger partial charge in [0.1, 0.15) is 19.3 Å². The zero-order chi connectivity index (χ0) is 51.2. The third-order valence-corrected chi connectivity index (χ3v) is 15.0. The predicted octanol–water partition coefficient (Wildman–Crippen LogP) is 19.1. The van der Waals surface area contributed by atoms with E-state index in [0.717, 1.165) is 32.1 Å². The minimum absolute atomic E-state index is 0.0304. The second-order valence-corrected chi connectivity index (χ2v) is 23.8. The van der Waals surface area contributed by atoms with Crippen LogP contribution in [0.15, 0.2) is 12.2 Å². The maximum atomic E-state index is 12.8. The lowest BCUT2D eigenvalue weighted by molar-refractivity contribution is -0.870. The molecule has 8 nitrogen and oxygen atoms in total. The van der Waals surface area contributed by atoms with Crippen LogP contribution in [0.1, 0.15) is 316 Å². The van der Waals surface area contributed by atoms with Gasteiger partial charge in [0.05, 0.1) is 34.4 Å². The summed E-state index contributed by atoms with van der Waals surface area (Å²) in [6, 6.07) is 0. The number of hydrogen-bond acceptors (Lipinski definition) is 7. The maximum Gasteiger partial charge on any atom is 0.306 e. The molecule has 0 aromatic rings. The molecule has 0 radical (unpaired) electrons. The van der Waals surface area contributed by atoms with E-state index in [0.29, 0.717) is 24.1 Å². The number of quaternary nitrogens is 1. The van der Waals surface area contributed by atoms with Crippen LogP contribution in [0.4, 0.5) is 0 Å². The fourth-order valence-electron chi connectivity index (χ4n) is 9.31. The Balaban J connectivity index is 3.99. The van der Waals surface area contributed by atoms with Gasteiger partial charge >= 0.3 is 5.97 Å². The number of nitrogens with zero attached hydrogens (tertiary/aromatic N) is 1. The minimum atomic E-state index is -4.53. The molecular formula is C61H122NO7P. The Morgan fingerprint density at radius 3 is 1.09 bits per heavy atom. The van der Waals surface area contributed by atoms with Crippen molar-refractivity contribution < 1.29 is 37.3 Å². The summed E-state index contributed by atoms with van der Waals surface area (Å²) in [6.45, 7) is 5.50. The van der Waals surface area contributed by atoms with E-state index in [-0.39, 0.29) is 25.8 Å². The van der Waals surface area contributed by atoms with Crippen molar-refractivity contribution in [2.45, 2.75) is 322 Å². The summed E-state index contributed by atoms with van der Waals surface area (Å²) in [7, 11) is 1.38. The molecular weight excluding hydrogens is 890 g/mol.